The van der Waals surface area contributed by atoms with E-state index in [-0.39, 0.29) is 0 Å². The number of nitriles is 3. The highest BCUT2D eigenvalue weighted by atomic mass is 16.5. The van der Waals surface area contributed by atoms with Crippen molar-refractivity contribution >= 4 is 11.4 Å². The zero-order valence-corrected chi connectivity index (χ0v) is 12.9. The number of hydrogen-bond acceptors (Lipinski definition) is 6. The van der Waals surface area contributed by atoms with Crippen molar-refractivity contribution in [2.75, 3.05) is 7.11 Å². The highest BCUT2D eigenvalue weighted by Gasteiger charge is 2.22. The maximum absolute atomic E-state index is 9.17. The van der Waals surface area contributed by atoms with Crippen LogP contribution < -0.4 is 4.74 Å². The van der Waals surface area contributed by atoms with E-state index in [1.54, 1.807) is 55.6 Å². The number of methoxy groups -OCH3 is 1. The molecule has 1 unspecified atom stereocenters. The molecular formula is C18H13N5O. The maximum Gasteiger partial charge on any atom is 0.153 e. The molecule has 24 heavy (non-hydrogen) atoms. The van der Waals surface area contributed by atoms with Crippen LogP contribution in [0.25, 0.3) is 0 Å². The highest BCUT2D eigenvalue weighted by Crippen LogP contribution is 2.26. The third kappa shape index (κ3) is 3.94. The van der Waals surface area contributed by atoms with E-state index in [1.165, 1.54) is 0 Å². The Morgan fingerprint density at radius 1 is 0.792 bits per heavy atom. The number of azo groups is 1. The smallest absolute Gasteiger partial charge is 0.153 e. The molecule has 1 atom stereocenters. The highest BCUT2D eigenvalue weighted by molar-refractivity contribution is 5.44. The fourth-order valence-electron chi connectivity index (χ4n) is 2.03. The zero-order valence-electron chi connectivity index (χ0n) is 12.9. The van der Waals surface area contributed by atoms with Gasteiger partial charge in [-0.25, -0.2) is 0 Å². The van der Waals surface area contributed by atoms with Crippen molar-refractivity contribution in [2.45, 2.75) is 5.92 Å². The summed E-state index contributed by atoms with van der Waals surface area (Å²) in [5.41, 5.74) is 1.90. The number of benzene rings is 2. The zero-order chi connectivity index (χ0) is 17.4. The van der Waals surface area contributed by atoms with Crippen LogP contribution in [0.4, 0.5) is 11.4 Å². The molecule has 6 nitrogen and oxygen atoms in total. The summed E-state index contributed by atoms with van der Waals surface area (Å²) in [6.07, 6.45) is 0. The molecule has 0 spiro atoms. The Balaban J connectivity index is 2.14. The summed E-state index contributed by atoms with van der Waals surface area (Å²) in [6, 6.07) is 19.6. The van der Waals surface area contributed by atoms with E-state index in [2.05, 4.69) is 10.2 Å². The predicted molar refractivity (Wildman–Crippen MR) is 86.7 cm³/mol. The van der Waals surface area contributed by atoms with Crippen molar-refractivity contribution in [1.29, 1.82) is 15.8 Å². The van der Waals surface area contributed by atoms with Gasteiger partial charge in [-0.1, -0.05) is 12.1 Å². The van der Waals surface area contributed by atoms with E-state index in [1.807, 2.05) is 18.2 Å². The Labute approximate surface area is 139 Å². The second-order valence-electron chi connectivity index (χ2n) is 4.83. The Hall–Kier alpha value is -3.69. The van der Waals surface area contributed by atoms with Gasteiger partial charge in [-0.2, -0.15) is 26.0 Å². The van der Waals surface area contributed by atoms with Crippen LogP contribution in [-0.2, 0) is 0 Å². The second kappa shape index (κ2) is 8.08. The molecule has 2 aromatic rings. The first-order valence-electron chi connectivity index (χ1n) is 7.06. The van der Waals surface area contributed by atoms with Crippen molar-refractivity contribution in [3.8, 4) is 24.0 Å². The van der Waals surface area contributed by atoms with Crippen molar-refractivity contribution in [2.24, 2.45) is 16.1 Å². The Morgan fingerprint density at radius 2 is 1.29 bits per heavy atom. The van der Waals surface area contributed by atoms with Crippen LogP contribution in [-0.4, -0.2) is 7.11 Å². The van der Waals surface area contributed by atoms with Gasteiger partial charge in [0.05, 0.1) is 36.7 Å². The normalized spacial score (nSPS) is 11.5. The van der Waals surface area contributed by atoms with Crippen LogP contribution >= 0.6 is 0 Å². The topological polar surface area (TPSA) is 105 Å². The van der Waals surface area contributed by atoms with Gasteiger partial charge < -0.3 is 4.74 Å². The first kappa shape index (κ1) is 16.7. The van der Waals surface area contributed by atoms with Crippen molar-refractivity contribution in [3.63, 3.8) is 0 Å². The first-order valence-corrected chi connectivity index (χ1v) is 7.06. The van der Waals surface area contributed by atoms with Gasteiger partial charge in [0, 0.05) is 0 Å². The third-order valence-electron chi connectivity index (χ3n) is 3.36. The molecule has 0 bridgehead atoms. The van der Waals surface area contributed by atoms with Crippen LogP contribution in [0.3, 0.4) is 0 Å². The van der Waals surface area contributed by atoms with Gasteiger partial charge in [0.1, 0.15) is 11.7 Å². The summed E-state index contributed by atoms with van der Waals surface area (Å²) < 4.78 is 5.07. The molecule has 0 aliphatic heterocycles. The average Bonchev–Trinajstić information content (AvgIpc) is 2.65. The third-order valence-corrected chi connectivity index (χ3v) is 3.36. The summed E-state index contributed by atoms with van der Waals surface area (Å²) in [6.45, 7) is 0. The van der Waals surface area contributed by atoms with E-state index in [9.17, 15) is 5.26 Å². The molecule has 0 heterocycles. The average molecular weight is 315 g/mol. The van der Waals surface area contributed by atoms with Gasteiger partial charge in [-0.15, -0.1) is 0 Å². The molecular weight excluding hydrogens is 302 g/mol. The van der Waals surface area contributed by atoms with Crippen LogP contribution in [0.2, 0.25) is 0 Å². The molecule has 0 amide bonds. The number of hydrogen-bond donors (Lipinski definition) is 0. The number of rotatable bonds is 5. The van der Waals surface area contributed by atoms with E-state index >= 15 is 0 Å². The molecule has 0 aliphatic rings. The number of ether oxygens (including phenoxy) is 1. The van der Waals surface area contributed by atoms with Gasteiger partial charge in [0.25, 0.3) is 0 Å². The van der Waals surface area contributed by atoms with Gasteiger partial charge in [0.2, 0.25) is 0 Å². The molecule has 6 heteroatoms. The molecule has 0 N–H and O–H groups in total. The Bertz CT molecular complexity index is 821. The standard InChI is InChI=1S/C18H13N5O/c1-24-17-8-6-16(7-9-17)23-22-15-4-2-13(3-5-15)18(12-21)14(10-19)11-20/h2-9,14,18H,1H3. The SMILES string of the molecule is COc1ccc(N=Nc2ccc(C(C#N)C(C#N)C#N)cc2)cc1. The van der Waals surface area contributed by atoms with Gasteiger partial charge in [-0.3, -0.25) is 0 Å². The molecule has 116 valence electrons. The summed E-state index contributed by atoms with van der Waals surface area (Å²) in [4.78, 5) is 0. The molecule has 0 fully saturated rings. The molecule has 0 saturated heterocycles. The summed E-state index contributed by atoms with van der Waals surface area (Å²) in [5, 5.41) is 35.3. The van der Waals surface area contributed by atoms with Crippen LogP contribution in [0, 0.1) is 39.9 Å². The first-order chi connectivity index (χ1) is 11.7. The van der Waals surface area contributed by atoms with E-state index in [0.29, 0.717) is 16.9 Å². The van der Waals surface area contributed by atoms with Crippen LogP contribution in [0.1, 0.15) is 11.5 Å². The van der Waals surface area contributed by atoms with Gasteiger partial charge in [0.15, 0.2) is 5.92 Å². The quantitative estimate of drug-likeness (QED) is 0.763. The van der Waals surface area contributed by atoms with Crippen molar-refractivity contribution < 1.29 is 4.74 Å². The molecule has 0 radical (unpaired) electrons. The van der Waals surface area contributed by atoms with E-state index < -0.39 is 11.8 Å². The summed E-state index contributed by atoms with van der Waals surface area (Å²) in [7, 11) is 1.59. The van der Waals surface area contributed by atoms with Crippen LogP contribution in [0.15, 0.2) is 58.8 Å². The molecule has 0 saturated carbocycles. The fourth-order valence-corrected chi connectivity index (χ4v) is 2.03. The molecule has 2 aromatic carbocycles. The Kier molecular flexibility index (Phi) is 5.61. The van der Waals surface area contributed by atoms with Crippen molar-refractivity contribution in [3.05, 3.63) is 54.1 Å². The largest absolute Gasteiger partial charge is 0.497 e. The van der Waals surface area contributed by atoms with Gasteiger partial charge >= 0.3 is 0 Å². The number of nitrogens with zero attached hydrogens (tertiary/aromatic N) is 5. The summed E-state index contributed by atoms with van der Waals surface area (Å²) >= 11 is 0. The molecule has 0 aromatic heterocycles. The van der Waals surface area contributed by atoms with Crippen LogP contribution in [0.5, 0.6) is 5.75 Å². The minimum absolute atomic E-state index is 0.606. The van der Waals surface area contributed by atoms with E-state index in [0.717, 1.165) is 5.75 Å². The molecule has 2 rings (SSSR count). The Morgan fingerprint density at radius 3 is 1.71 bits per heavy atom. The van der Waals surface area contributed by atoms with E-state index in [4.69, 9.17) is 15.3 Å². The van der Waals surface area contributed by atoms with Gasteiger partial charge in [-0.05, 0) is 42.0 Å². The minimum Gasteiger partial charge on any atom is -0.497 e. The lowest BCUT2D eigenvalue weighted by Gasteiger charge is -2.09. The monoisotopic (exact) mass is 315 g/mol. The fraction of sp³-hybridized carbons (Fsp3) is 0.167. The lowest BCUT2D eigenvalue weighted by Crippen LogP contribution is -2.07. The predicted octanol–water partition coefficient (Wildman–Crippen LogP) is 4.38. The summed E-state index contributed by atoms with van der Waals surface area (Å²) in [5.74, 6) is -1.04. The minimum atomic E-state index is -0.998. The lowest BCUT2D eigenvalue weighted by atomic mass is 9.89. The maximum atomic E-state index is 9.17. The second-order valence-corrected chi connectivity index (χ2v) is 4.83. The lowest BCUT2D eigenvalue weighted by molar-refractivity contribution is 0.415. The molecule has 0 aliphatic carbocycles. The van der Waals surface area contributed by atoms with Crippen molar-refractivity contribution in [1.82, 2.24) is 0 Å².